The van der Waals surface area contributed by atoms with Gasteiger partial charge in [-0.3, -0.25) is 0 Å². The molecular formula is C47H37NO. The molecule has 2 heteroatoms. The van der Waals surface area contributed by atoms with Crippen LogP contribution in [0.5, 0.6) is 11.5 Å². The van der Waals surface area contributed by atoms with Crippen molar-refractivity contribution < 1.29 is 4.74 Å². The van der Waals surface area contributed by atoms with Gasteiger partial charge < -0.3 is 9.64 Å². The van der Waals surface area contributed by atoms with Gasteiger partial charge in [-0.15, -0.1) is 0 Å². The zero-order valence-electron chi connectivity index (χ0n) is 28.0. The summed E-state index contributed by atoms with van der Waals surface area (Å²) < 4.78 is 6.59. The Kier molecular flexibility index (Phi) is 6.64. The molecule has 0 N–H and O–H groups in total. The Morgan fingerprint density at radius 1 is 0.429 bits per heavy atom. The molecule has 0 bridgehead atoms. The fourth-order valence-corrected chi connectivity index (χ4v) is 7.97. The van der Waals surface area contributed by atoms with Gasteiger partial charge in [-0.2, -0.15) is 0 Å². The number of para-hydroxylation sites is 2. The molecule has 9 rings (SSSR count). The van der Waals surface area contributed by atoms with E-state index < -0.39 is 5.41 Å². The van der Waals surface area contributed by atoms with E-state index in [1.807, 2.05) is 0 Å². The SMILES string of the molecule is CC(C)(C)c1ccc(N(c2ccc(-c3ccccc3)cc2)c2ccc3c(c2)C2(c4ccccc4Oc4ccccc42)c2ccccc2-3)cc1. The topological polar surface area (TPSA) is 12.5 Å². The zero-order valence-corrected chi connectivity index (χ0v) is 28.0. The number of fused-ring (bicyclic) bond motifs is 9. The highest BCUT2D eigenvalue weighted by Crippen LogP contribution is 2.62. The Labute approximate surface area is 288 Å². The summed E-state index contributed by atoms with van der Waals surface area (Å²) >= 11 is 0. The molecule has 0 fully saturated rings. The fourth-order valence-electron chi connectivity index (χ4n) is 7.97. The molecule has 49 heavy (non-hydrogen) atoms. The van der Waals surface area contributed by atoms with Crippen LogP contribution in [0, 0.1) is 0 Å². The molecule has 0 saturated carbocycles. The Morgan fingerprint density at radius 3 is 1.55 bits per heavy atom. The number of hydrogen-bond acceptors (Lipinski definition) is 2. The molecule has 1 aliphatic heterocycles. The lowest BCUT2D eigenvalue weighted by Crippen LogP contribution is -2.32. The van der Waals surface area contributed by atoms with Crippen molar-refractivity contribution in [3.8, 4) is 33.8 Å². The largest absolute Gasteiger partial charge is 0.457 e. The van der Waals surface area contributed by atoms with Gasteiger partial charge >= 0.3 is 0 Å². The summed E-state index contributed by atoms with van der Waals surface area (Å²) in [5.41, 5.74) is 14.0. The second-order valence-corrected chi connectivity index (χ2v) is 14.2. The van der Waals surface area contributed by atoms with Crippen LogP contribution in [0.25, 0.3) is 22.3 Å². The molecule has 7 aromatic rings. The molecule has 0 saturated heterocycles. The average molecular weight is 632 g/mol. The molecule has 1 heterocycles. The lowest BCUT2D eigenvalue weighted by atomic mass is 9.66. The van der Waals surface area contributed by atoms with Crippen molar-refractivity contribution in [2.45, 2.75) is 31.6 Å². The van der Waals surface area contributed by atoms with Gasteiger partial charge in [-0.1, -0.05) is 142 Å². The monoisotopic (exact) mass is 631 g/mol. The van der Waals surface area contributed by atoms with Crippen molar-refractivity contribution in [2.24, 2.45) is 0 Å². The lowest BCUT2D eigenvalue weighted by Gasteiger charge is -2.39. The van der Waals surface area contributed by atoms with Gasteiger partial charge in [0.1, 0.15) is 11.5 Å². The summed E-state index contributed by atoms with van der Waals surface area (Å²) in [7, 11) is 0. The number of ether oxygens (including phenoxy) is 1. The molecule has 1 spiro atoms. The molecule has 0 atom stereocenters. The molecule has 1 aliphatic carbocycles. The molecule has 2 nitrogen and oxygen atoms in total. The summed E-state index contributed by atoms with van der Waals surface area (Å²) in [6.45, 7) is 6.80. The van der Waals surface area contributed by atoms with Gasteiger partial charge in [0.2, 0.25) is 0 Å². The van der Waals surface area contributed by atoms with Crippen molar-refractivity contribution >= 4 is 17.1 Å². The van der Waals surface area contributed by atoms with Gasteiger partial charge in [0.05, 0.1) is 5.41 Å². The summed E-state index contributed by atoms with van der Waals surface area (Å²) in [6, 6.07) is 61.7. The van der Waals surface area contributed by atoms with Crippen molar-refractivity contribution in [3.05, 3.63) is 198 Å². The van der Waals surface area contributed by atoms with Gasteiger partial charge in [0.25, 0.3) is 0 Å². The number of benzene rings is 7. The third-order valence-electron chi connectivity index (χ3n) is 10.3. The number of hydrogen-bond donors (Lipinski definition) is 0. The lowest BCUT2D eigenvalue weighted by molar-refractivity contribution is 0.436. The van der Waals surface area contributed by atoms with E-state index in [0.29, 0.717) is 0 Å². The van der Waals surface area contributed by atoms with E-state index in [0.717, 1.165) is 28.6 Å². The van der Waals surface area contributed by atoms with Gasteiger partial charge in [0, 0.05) is 28.2 Å². The maximum atomic E-state index is 6.59. The minimum atomic E-state index is -0.522. The number of rotatable bonds is 4. The molecule has 7 aromatic carbocycles. The van der Waals surface area contributed by atoms with E-state index in [9.17, 15) is 0 Å². The van der Waals surface area contributed by atoms with Crippen LogP contribution in [0.15, 0.2) is 170 Å². The van der Waals surface area contributed by atoms with E-state index in [4.69, 9.17) is 4.74 Å². The van der Waals surface area contributed by atoms with Crippen LogP contribution < -0.4 is 9.64 Å². The summed E-state index contributed by atoms with van der Waals surface area (Å²) in [4.78, 5) is 2.40. The minimum Gasteiger partial charge on any atom is -0.457 e. The van der Waals surface area contributed by atoms with Crippen LogP contribution in [-0.4, -0.2) is 0 Å². The second-order valence-electron chi connectivity index (χ2n) is 14.2. The first-order valence-electron chi connectivity index (χ1n) is 17.1. The Hall–Kier alpha value is -5.86. The van der Waals surface area contributed by atoms with Gasteiger partial charge in [-0.25, -0.2) is 0 Å². The standard InChI is InChI=1S/C47H37NO/c1-46(2,3)34-23-27-36(28-24-34)48(35-25-21-33(22-26-35)32-13-5-4-6-14-32)37-29-30-39-38-15-7-8-16-40(38)47(43(39)31-37)41-17-9-11-19-44(41)49-45-20-12-10-18-42(45)47/h4-31H,1-3H3. The highest BCUT2D eigenvalue weighted by atomic mass is 16.5. The molecule has 2 aliphatic rings. The van der Waals surface area contributed by atoms with E-state index in [1.54, 1.807) is 0 Å². The molecule has 0 unspecified atom stereocenters. The van der Waals surface area contributed by atoms with Crippen LogP contribution in [-0.2, 0) is 10.8 Å². The molecule has 0 aromatic heterocycles. The number of anilines is 3. The molecular weight excluding hydrogens is 595 g/mol. The Balaban J connectivity index is 1.28. The molecule has 236 valence electrons. The first kappa shape index (κ1) is 29.3. The fraction of sp³-hybridized carbons (Fsp3) is 0.106. The van der Waals surface area contributed by atoms with Crippen molar-refractivity contribution in [1.29, 1.82) is 0 Å². The molecule has 0 amide bonds. The Bertz CT molecular complexity index is 2280. The van der Waals surface area contributed by atoms with Gasteiger partial charge in [0.15, 0.2) is 0 Å². The normalized spacial score (nSPS) is 13.5. The van der Waals surface area contributed by atoms with Crippen LogP contribution in [0.1, 0.15) is 48.6 Å². The minimum absolute atomic E-state index is 0.0657. The maximum Gasteiger partial charge on any atom is 0.132 e. The highest BCUT2D eigenvalue weighted by molar-refractivity contribution is 5.91. The van der Waals surface area contributed by atoms with E-state index >= 15 is 0 Å². The van der Waals surface area contributed by atoms with Crippen LogP contribution in [0.3, 0.4) is 0 Å². The summed E-state index contributed by atoms with van der Waals surface area (Å²) in [6.07, 6.45) is 0. The third-order valence-corrected chi connectivity index (χ3v) is 10.3. The second kappa shape index (κ2) is 11.1. The quantitative estimate of drug-likeness (QED) is 0.192. The maximum absolute atomic E-state index is 6.59. The van der Waals surface area contributed by atoms with E-state index in [1.165, 1.54) is 50.1 Å². The predicted octanol–water partition coefficient (Wildman–Crippen LogP) is 12.6. The van der Waals surface area contributed by atoms with Crippen molar-refractivity contribution in [1.82, 2.24) is 0 Å². The van der Waals surface area contributed by atoms with Crippen LogP contribution >= 0.6 is 0 Å². The summed E-state index contributed by atoms with van der Waals surface area (Å²) in [5, 5.41) is 0. The van der Waals surface area contributed by atoms with E-state index in [2.05, 4.69) is 196 Å². The Morgan fingerprint density at radius 2 is 0.918 bits per heavy atom. The van der Waals surface area contributed by atoms with Crippen molar-refractivity contribution in [3.63, 3.8) is 0 Å². The third kappa shape index (κ3) is 4.55. The predicted molar refractivity (Wildman–Crippen MR) is 203 cm³/mol. The molecule has 0 radical (unpaired) electrons. The van der Waals surface area contributed by atoms with Crippen LogP contribution in [0.2, 0.25) is 0 Å². The highest BCUT2D eigenvalue weighted by Gasteiger charge is 2.51. The van der Waals surface area contributed by atoms with Gasteiger partial charge in [-0.05, 0) is 92.9 Å². The summed E-state index contributed by atoms with van der Waals surface area (Å²) in [5.74, 6) is 1.81. The van der Waals surface area contributed by atoms with E-state index in [-0.39, 0.29) is 5.41 Å². The first-order chi connectivity index (χ1) is 23.9. The number of nitrogens with zero attached hydrogens (tertiary/aromatic N) is 1. The smallest absolute Gasteiger partial charge is 0.132 e. The average Bonchev–Trinajstić information content (AvgIpc) is 3.42. The van der Waals surface area contributed by atoms with Crippen LogP contribution in [0.4, 0.5) is 17.1 Å². The van der Waals surface area contributed by atoms with Crippen molar-refractivity contribution in [2.75, 3.05) is 4.90 Å². The first-order valence-corrected chi connectivity index (χ1v) is 17.1. The zero-order chi connectivity index (χ0) is 33.2.